The predicted octanol–water partition coefficient (Wildman–Crippen LogP) is 3.19. The Morgan fingerprint density at radius 2 is 2.00 bits per heavy atom. The van der Waals surface area contributed by atoms with Crippen LogP contribution in [0.4, 0.5) is 0 Å². The molecule has 0 radical (unpaired) electrons. The molecule has 0 amide bonds. The van der Waals surface area contributed by atoms with Crippen LogP contribution in [0, 0.1) is 0 Å². The maximum absolute atomic E-state index is 5.48. The summed E-state index contributed by atoms with van der Waals surface area (Å²) in [7, 11) is 0. The topological polar surface area (TPSA) is 24.5 Å². The van der Waals surface area contributed by atoms with E-state index in [1.54, 1.807) is 0 Å². The van der Waals surface area contributed by atoms with Crippen molar-refractivity contribution in [3.05, 3.63) is 0 Å². The second-order valence-corrected chi connectivity index (χ2v) is 4.97. The smallest absolute Gasteiger partial charge is 0.169 e. The fourth-order valence-electron chi connectivity index (χ4n) is 1.69. The third kappa shape index (κ3) is 7.88. The Bertz CT molecular complexity index is 212. The monoisotopic (exact) mass is 274 g/mol. The normalized spacial score (nSPS) is 12.2. The van der Waals surface area contributed by atoms with Gasteiger partial charge in [0.15, 0.2) is 5.11 Å². The first-order chi connectivity index (χ1) is 8.67. The lowest BCUT2D eigenvalue weighted by atomic mass is 10.2. The van der Waals surface area contributed by atoms with E-state index in [0.717, 1.165) is 44.3 Å². The maximum atomic E-state index is 5.48. The highest BCUT2D eigenvalue weighted by Crippen LogP contribution is 2.06. The minimum Gasteiger partial charge on any atom is -0.382 e. The lowest BCUT2D eigenvalue weighted by Crippen LogP contribution is -2.45. The number of nitrogens with zero attached hydrogens (tertiary/aromatic N) is 1. The summed E-state index contributed by atoms with van der Waals surface area (Å²) in [5.74, 6) is 0. The van der Waals surface area contributed by atoms with Crippen molar-refractivity contribution >= 4 is 17.3 Å². The van der Waals surface area contributed by atoms with Crippen LogP contribution in [-0.4, -0.2) is 42.4 Å². The fourth-order valence-corrected chi connectivity index (χ4v) is 2.06. The van der Waals surface area contributed by atoms with Crippen molar-refractivity contribution < 1.29 is 4.74 Å². The van der Waals surface area contributed by atoms with Crippen LogP contribution in [0.2, 0.25) is 0 Å². The molecule has 18 heavy (non-hydrogen) atoms. The third-order valence-electron chi connectivity index (χ3n) is 3.08. The van der Waals surface area contributed by atoms with Crippen molar-refractivity contribution in [1.29, 1.82) is 0 Å². The van der Waals surface area contributed by atoms with Gasteiger partial charge in [0, 0.05) is 32.3 Å². The van der Waals surface area contributed by atoms with Crippen LogP contribution in [0.1, 0.15) is 53.4 Å². The van der Waals surface area contributed by atoms with Crippen LogP contribution in [-0.2, 0) is 4.74 Å². The Morgan fingerprint density at radius 1 is 1.28 bits per heavy atom. The summed E-state index contributed by atoms with van der Waals surface area (Å²) in [5, 5.41) is 4.24. The number of unbranched alkanes of at least 4 members (excludes halogenated alkanes) is 1. The molecule has 0 aliphatic heterocycles. The van der Waals surface area contributed by atoms with E-state index < -0.39 is 0 Å². The first-order valence-corrected chi connectivity index (χ1v) is 7.70. The van der Waals surface area contributed by atoms with E-state index in [2.05, 4.69) is 31.0 Å². The van der Waals surface area contributed by atoms with Crippen LogP contribution >= 0.6 is 12.2 Å². The van der Waals surface area contributed by atoms with E-state index in [0.29, 0.717) is 6.04 Å². The van der Waals surface area contributed by atoms with Crippen molar-refractivity contribution in [1.82, 2.24) is 10.2 Å². The van der Waals surface area contributed by atoms with E-state index in [9.17, 15) is 0 Å². The molecule has 1 unspecified atom stereocenters. The second-order valence-electron chi connectivity index (χ2n) is 4.59. The summed E-state index contributed by atoms with van der Waals surface area (Å²) in [4.78, 5) is 2.32. The predicted molar refractivity (Wildman–Crippen MR) is 83.1 cm³/mol. The number of hydrogen-bond donors (Lipinski definition) is 1. The zero-order chi connectivity index (χ0) is 13.8. The zero-order valence-corrected chi connectivity index (χ0v) is 13.3. The number of ether oxygens (including phenoxy) is 1. The van der Waals surface area contributed by atoms with E-state index in [1.165, 1.54) is 12.8 Å². The average Bonchev–Trinajstić information content (AvgIpc) is 2.38. The largest absolute Gasteiger partial charge is 0.382 e. The molecular formula is C14H30N2OS. The van der Waals surface area contributed by atoms with Crippen molar-refractivity contribution in [3.8, 4) is 0 Å². The molecule has 108 valence electrons. The molecule has 1 atom stereocenters. The summed E-state index contributed by atoms with van der Waals surface area (Å²) in [6, 6.07) is 0.517. The van der Waals surface area contributed by atoms with Crippen molar-refractivity contribution in [2.75, 3.05) is 26.3 Å². The quantitative estimate of drug-likeness (QED) is 0.488. The number of nitrogens with one attached hydrogen (secondary N) is 1. The third-order valence-corrected chi connectivity index (χ3v) is 3.46. The lowest BCUT2D eigenvalue weighted by molar-refractivity contribution is 0.145. The summed E-state index contributed by atoms with van der Waals surface area (Å²) in [6.45, 7) is 12.2. The highest BCUT2D eigenvalue weighted by molar-refractivity contribution is 7.80. The molecule has 0 aromatic rings. The molecule has 4 heteroatoms. The highest BCUT2D eigenvalue weighted by atomic mass is 32.1. The first-order valence-electron chi connectivity index (χ1n) is 7.29. The molecule has 0 rings (SSSR count). The summed E-state index contributed by atoms with van der Waals surface area (Å²) >= 11 is 5.48. The van der Waals surface area contributed by atoms with Gasteiger partial charge in [-0.25, -0.2) is 0 Å². The van der Waals surface area contributed by atoms with Gasteiger partial charge in [-0.15, -0.1) is 0 Å². The minimum atomic E-state index is 0.517. The molecule has 0 spiro atoms. The van der Waals surface area contributed by atoms with Crippen LogP contribution < -0.4 is 5.32 Å². The number of thiocarbonyl (C=S) groups is 1. The molecule has 0 saturated heterocycles. The van der Waals surface area contributed by atoms with Gasteiger partial charge in [-0.2, -0.15) is 0 Å². The molecule has 0 fully saturated rings. The van der Waals surface area contributed by atoms with Gasteiger partial charge in [0.2, 0.25) is 0 Å². The summed E-state index contributed by atoms with van der Waals surface area (Å²) < 4.78 is 5.31. The SMILES string of the molecule is CCCCN(C(=S)NCCCOCC)C(C)CC. The molecule has 0 heterocycles. The van der Waals surface area contributed by atoms with Gasteiger partial charge in [-0.3, -0.25) is 0 Å². The lowest BCUT2D eigenvalue weighted by Gasteiger charge is -2.31. The van der Waals surface area contributed by atoms with Gasteiger partial charge in [0.1, 0.15) is 0 Å². The Balaban J connectivity index is 3.96. The van der Waals surface area contributed by atoms with Gasteiger partial charge >= 0.3 is 0 Å². The standard InChI is InChI=1S/C14H30N2OS/c1-5-8-11-16(13(4)6-2)14(18)15-10-9-12-17-7-3/h13H,5-12H2,1-4H3,(H,15,18). The van der Waals surface area contributed by atoms with Gasteiger partial charge in [0.05, 0.1) is 0 Å². The molecule has 3 nitrogen and oxygen atoms in total. The van der Waals surface area contributed by atoms with E-state index in [4.69, 9.17) is 17.0 Å². The van der Waals surface area contributed by atoms with E-state index in [-0.39, 0.29) is 0 Å². The molecule has 0 bridgehead atoms. The van der Waals surface area contributed by atoms with Gasteiger partial charge < -0.3 is 15.0 Å². The van der Waals surface area contributed by atoms with Crippen molar-refractivity contribution in [2.45, 2.75) is 59.4 Å². The fraction of sp³-hybridized carbons (Fsp3) is 0.929. The van der Waals surface area contributed by atoms with Crippen LogP contribution in [0.25, 0.3) is 0 Å². The number of rotatable bonds is 10. The second kappa shape index (κ2) is 11.7. The van der Waals surface area contributed by atoms with Gasteiger partial charge in [-0.1, -0.05) is 20.3 Å². The summed E-state index contributed by atoms with van der Waals surface area (Å²) in [5.41, 5.74) is 0. The molecule has 1 N–H and O–H groups in total. The van der Waals surface area contributed by atoms with Gasteiger partial charge in [-0.05, 0) is 45.3 Å². The van der Waals surface area contributed by atoms with Crippen molar-refractivity contribution in [2.24, 2.45) is 0 Å². The maximum Gasteiger partial charge on any atom is 0.169 e. The highest BCUT2D eigenvalue weighted by Gasteiger charge is 2.14. The Hall–Kier alpha value is -0.350. The molecular weight excluding hydrogens is 244 g/mol. The van der Waals surface area contributed by atoms with E-state index in [1.807, 2.05) is 6.92 Å². The molecule has 0 aliphatic carbocycles. The molecule has 0 aromatic heterocycles. The molecule has 0 aliphatic rings. The van der Waals surface area contributed by atoms with Crippen LogP contribution in [0.15, 0.2) is 0 Å². The van der Waals surface area contributed by atoms with Crippen LogP contribution in [0.3, 0.4) is 0 Å². The summed E-state index contributed by atoms with van der Waals surface area (Å²) in [6.07, 6.45) is 4.55. The Labute approximate surface area is 118 Å². The number of hydrogen-bond acceptors (Lipinski definition) is 2. The Morgan fingerprint density at radius 3 is 2.56 bits per heavy atom. The van der Waals surface area contributed by atoms with Crippen molar-refractivity contribution in [3.63, 3.8) is 0 Å². The van der Waals surface area contributed by atoms with E-state index >= 15 is 0 Å². The van der Waals surface area contributed by atoms with Crippen LogP contribution in [0.5, 0.6) is 0 Å². The average molecular weight is 274 g/mol. The Kier molecular flexibility index (Phi) is 11.5. The molecule has 0 saturated carbocycles. The first kappa shape index (κ1) is 17.6. The minimum absolute atomic E-state index is 0.517. The van der Waals surface area contributed by atoms with Gasteiger partial charge in [0.25, 0.3) is 0 Å². The zero-order valence-electron chi connectivity index (χ0n) is 12.5. The molecule has 0 aromatic carbocycles.